The van der Waals surface area contributed by atoms with Crippen LogP contribution in [0.1, 0.15) is 30.0 Å². The summed E-state index contributed by atoms with van der Waals surface area (Å²) in [6, 6.07) is 6.54. The molecule has 2 atom stereocenters. The summed E-state index contributed by atoms with van der Waals surface area (Å²) in [5, 5.41) is 0. The molecule has 1 aromatic rings. The Balaban J connectivity index is 2.21. The molecule has 1 fully saturated rings. The summed E-state index contributed by atoms with van der Waals surface area (Å²) in [5.74, 6) is 6.17. The molecule has 1 aliphatic rings. The third-order valence-electron chi connectivity index (χ3n) is 3.34. The average Bonchev–Trinajstić information content (AvgIpc) is 2.34. The molecule has 3 N–H and O–H groups in total. The fourth-order valence-electron chi connectivity index (χ4n) is 2.39. The average molecular weight is 299 g/mol. The lowest BCUT2D eigenvalue weighted by atomic mass is 9.89. The van der Waals surface area contributed by atoms with E-state index in [2.05, 4.69) is 46.5 Å². The van der Waals surface area contributed by atoms with Gasteiger partial charge < -0.3 is 4.74 Å². The SMILES string of the molecule is Cc1ccc(C(NN)C2CCCOC2)c(Br)c1. The normalized spacial score (nSPS) is 22.4. The van der Waals surface area contributed by atoms with E-state index in [9.17, 15) is 0 Å². The van der Waals surface area contributed by atoms with E-state index in [4.69, 9.17) is 10.6 Å². The minimum absolute atomic E-state index is 0.158. The molecular weight excluding hydrogens is 280 g/mol. The standard InChI is InChI=1S/C13H19BrN2O/c1-9-4-5-11(12(14)7-9)13(16-15)10-3-2-6-17-8-10/h4-5,7,10,13,16H,2-3,6,8,15H2,1H3. The third kappa shape index (κ3) is 3.07. The number of ether oxygens (including phenoxy) is 1. The first-order valence-corrected chi connectivity index (χ1v) is 6.81. The summed E-state index contributed by atoms with van der Waals surface area (Å²) in [6.07, 6.45) is 2.28. The molecule has 94 valence electrons. The van der Waals surface area contributed by atoms with Crippen LogP contribution in [0.3, 0.4) is 0 Å². The fourth-order valence-corrected chi connectivity index (χ4v) is 3.13. The minimum atomic E-state index is 0.158. The molecule has 2 unspecified atom stereocenters. The first-order chi connectivity index (χ1) is 8.22. The topological polar surface area (TPSA) is 47.3 Å². The van der Waals surface area contributed by atoms with Gasteiger partial charge in [0.25, 0.3) is 0 Å². The van der Waals surface area contributed by atoms with E-state index in [-0.39, 0.29) is 6.04 Å². The number of aryl methyl sites for hydroxylation is 1. The van der Waals surface area contributed by atoms with Crippen LogP contribution in [0.25, 0.3) is 0 Å². The zero-order valence-corrected chi connectivity index (χ0v) is 11.7. The molecule has 1 aliphatic heterocycles. The van der Waals surface area contributed by atoms with E-state index >= 15 is 0 Å². The van der Waals surface area contributed by atoms with Crippen molar-refractivity contribution in [3.63, 3.8) is 0 Å². The smallest absolute Gasteiger partial charge is 0.0521 e. The molecule has 4 heteroatoms. The molecule has 1 saturated heterocycles. The van der Waals surface area contributed by atoms with Crippen LogP contribution in [-0.2, 0) is 4.74 Å². The van der Waals surface area contributed by atoms with Gasteiger partial charge >= 0.3 is 0 Å². The highest BCUT2D eigenvalue weighted by Crippen LogP contribution is 2.32. The first-order valence-electron chi connectivity index (χ1n) is 6.02. The van der Waals surface area contributed by atoms with Gasteiger partial charge in [0.2, 0.25) is 0 Å². The summed E-state index contributed by atoms with van der Waals surface area (Å²) in [5.41, 5.74) is 5.40. The maximum atomic E-state index is 5.72. The number of hydrogen-bond acceptors (Lipinski definition) is 3. The van der Waals surface area contributed by atoms with Crippen molar-refractivity contribution in [2.75, 3.05) is 13.2 Å². The summed E-state index contributed by atoms with van der Waals surface area (Å²) in [7, 11) is 0. The van der Waals surface area contributed by atoms with E-state index in [1.165, 1.54) is 11.1 Å². The third-order valence-corrected chi connectivity index (χ3v) is 4.02. The zero-order chi connectivity index (χ0) is 12.3. The molecule has 0 aliphatic carbocycles. The van der Waals surface area contributed by atoms with Crippen LogP contribution in [0, 0.1) is 12.8 Å². The van der Waals surface area contributed by atoms with Crippen molar-refractivity contribution in [2.45, 2.75) is 25.8 Å². The Labute approximate surface area is 111 Å². The summed E-state index contributed by atoms with van der Waals surface area (Å²) in [6.45, 7) is 3.75. The summed E-state index contributed by atoms with van der Waals surface area (Å²) >= 11 is 3.62. The highest BCUT2D eigenvalue weighted by Gasteiger charge is 2.26. The number of halogens is 1. The molecule has 0 bridgehead atoms. The second kappa shape index (κ2) is 5.96. The van der Waals surface area contributed by atoms with Gasteiger partial charge in [-0.15, -0.1) is 0 Å². The highest BCUT2D eigenvalue weighted by molar-refractivity contribution is 9.10. The van der Waals surface area contributed by atoms with Gasteiger partial charge in [-0.05, 0) is 37.0 Å². The number of hydrogen-bond donors (Lipinski definition) is 2. The van der Waals surface area contributed by atoms with Crippen LogP contribution < -0.4 is 11.3 Å². The molecular formula is C13H19BrN2O. The van der Waals surface area contributed by atoms with Gasteiger partial charge in [0.05, 0.1) is 12.6 Å². The molecule has 3 nitrogen and oxygen atoms in total. The number of rotatable bonds is 3. The van der Waals surface area contributed by atoms with E-state index < -0.39 is 0 Å². The van der Waals surface area contributed by atoms with Crippen LogP contribution in [0.4, 0.5) is 0 Å². The molecule has 17 heavy (non-hydrogen) atoms. The first kappa shape index (κ1) is 13.0. The Bertz CT molecular complexity index is 378. The maximum Gasteiger partial charge on any atom is 0.0521 e. The minimum Gasteiger partial charge on any atom is -0.381 e. The van der Waals surface area contributed by atoms with Crippen molar-refractivity contribution in [2.24, 2.45) is 11.8 Å². The monoisotopic (exact) mass is 298 g/mol. The van der Waals surface area contributed by atoms with Gasteiger partial charge in [-0.2, -0.15) is 0 Å². The van der Waals surface area contributed by atoms with Gasteiger partial charge in [0.1, 0.15) is 0 Å². The largest absolute Gasteiger partial charge is 0.381 e. The van der Waals surface area contributed by atoms with Crippen LogP contribution in [0.5, 0.6) is 0 Å². The predicted octanol–water partition coefficient (Wildman–Crippen LogP) is 2.69. The molecule has 0 aromatic heterocycles. The van der Waals surface area contributed by atoms with Crippen LogP contribution in [0.15, 0.2) is 22.7 Å². The van der Waals surface area contributed by atoms with E-state index in [1.807, 2.05) is 0 Å². The van der Waals surface area contributed by atoms with Gasteiger partial charge in [-0.3, -0.25) is 11.3 Å². The molecule has 2 rings (SSSR count). The Morgan fingerprint density at radius 2 is 2.35 bits per heavy atom. The van der Waals surface area contributed by atoms with E-state index in [0.29, 0.717) is 5.92 Å². The lowest BCUT2D eigenvalue weighted by Gasteiger charge is -2.30. The second-order valence-corrected chi connectivity index (χ2v) is 5.50. The lowest BCUT2D eigenvalue weighted by Crippen LogP contribution is -2.37. The number of nitrogens with one attached hydrogen (secondary N) is 1. The highest BCUT2D eigenvalue weighted by atomic mass is 79.9. The molecule has 0 amide bonds. The predicted molar refractivity (Wildman–Crippen MR) is 72.5 cm³/mol. The van der Waals surface area contributed by atoms with Crippen molar-refractivity contribution in [1.29, 1.82) is 0 Å². The molecule has 0 radical (unpaired) electrons. The fraction of sp³-hybridized carbons (Fsp3) is 0.538. The van der Waals surface area contributed by atoms with Crippen molar-refractivity contribution < 1.29 is 4.74 Å². The van der Waals surface area contributed by atoms with E-state index in [0.717, 1.165) is 30.5 Å². The summed E-state index contributed by atoms with van der Waals surface area (Å²) in [4.78, 5) is 0. The number of benzene rings is 1. The van der Waals surface area contributed by atoms with Crippen LogP contribution in [-0.4, -0.2) is 13.2 Å². The Hall–Kier alpha value is -0.420. The summed E-state index contributed by atoms with van der Waals surface area (Å²) < 4.78 is 6.66. The Morgan fingerprint density at radius 1 is 1.53 bits per heavy atom. The molecule has 1 aromatic carbocycles. The maximum absolute atomic E-state index is 5.72. The van der Waals surface area contributed by atoms with E-state index in [1.54, 1.807) is 0 Å². The lowest BCUT2D eigenvalue weighted by molar-refractivity contribution is 0.0389. The van der Waals surface area contributed by atoms with Gasteiger partial charge in [0.15, 0.2) is 0 Å². The molecule has 1 heterocycles. The van der Waals surface area contributed by atoms with Gasteiger partial charge in [-0.1, -0.05) is 28.1 Å². The number of hydrazine groups is 1. The van der Waals surface area contributed by atoms with Gasteiger partial charge in [-0.25, -0.2) is 0 Å². The van der Waals surface area contributed by atoms with Crippen molar-refractivity contribution >= 4 is 15.9 Å². The van der Waals surface area contributed by atoms with Gasteiger partial charge in [0, 0.05) is 17.0 Å². The van der Waals surface area contributed by atoms with Crippen LogP contribution in [0.2, 0.25) is 0 Å². The van der Waals surface area contributed by atoms with Crippen molar-refractivity contribution in [3.05, 3.63) is 33.8 Å². The molecule has 0 spiro atoms. The number of nitrogens with two attached hydrogens (primary N) is 1. The van der Waals surface area contributed by atoms with Crippen LogP contribution >= 0.6 is 15.9 Å². The Morgan fingerprint density at radius 3 is 2.94 bits per heavy atom. The second-order valence-electron chi connectivity index (χ2n) is 4.65. The Kier molecular flexibility index (Phi) is 4.56. The zero-order valence-electron chi connectivity index (χ0n) is 10.1. The molecule has 0 saturated carbocycles. The quantitative estimate of drug-likeness (QED) is 0.666. The van der Waals surface area contributed by atoms with Crippen molar-refractivity contribution in [1.82, 2.24) is 5.43 Å². The van der Waals surface area contributed by atoms with Crippen molar-refractivity contribution in [3.8, 4) is 0 Å².